The predicted molar refractivity (Wildman–Crippen MR) is 111 cm³/mol. The van der Waals surface area contributed by atoms with E-state index < -0.39 is 5.97 Å². The molecule has 7 nitrogen and oxygen atoms in total. The maximum absolute atomic E-state index is 12.7. The molecule has 30 heavy (non-hydrogen) atoms. The lowest BCUT2D eigenvalue weighted by atomic mass is 10.1. The van der Waals surface area contributed by atoms with Gasteiger partial charge < -0.3 is 20.1 Å². The molecule has 1 heterocycles. The smallest absolute Gasteiger partial charge is 0.337 e. The van der Waals surface area contributed by atoms with Gasteiger partial charge in [0.1, 0.15) is 5.75 Å². The van der Waals surface area contributed by atoms with Crippen LogP contribution in [0.4, 0.5) is 11.4 Å². The molecule has 0 saturated carbocycles. The van der Waals surface area contributed by atoms with Gasteiger partial charge >= 0.3 is 5.97 Å². The molecule has 2 N–H and O–H groups in total. The highest BCUT2D eigenvalue weighted by atomic mass is 16.5. The van der Waals surface area contributed by atoms with Gasteiger partial charge in [-0.2, -0.15) is 0 Å². The van der Waals surface area contributed by atoms with Crippen LogP contribution in [-0.2, 0) is 4.74 Å². The van der Waals surface area contributed by atoms with E-state index >= 15 is 0 Å². The van der Waals surface area contributed by atoms with Crippen molar-refractivity contribution in [2.24, 2.45) is 0 Å². The molecule has 0 radical (unpaired) electrons. The minimum atomic E-state index is -0.477. The van der Waals surface area contributed by atoms with Gasteiger partial charge in [-0.1, -0.05) is 6.07 Å². The number of ether oxygens (including phenoxy) is 2. The maximum Gasteiger partial charge on any atom is 0.337 e. The molecule has 0 spiro atoms. The first-order chi connectivity index (χ1) is 14.4. The molecule has 2 amide bonds. The summed E-state index contributed by atoms with van der Waals surface area (Å²) in [5, 5.41) is 5.59. The van der Waals surface area contributed by atoms with E-state index in [9.17, 15) is 14.4 Å². The molecule has 1 aliphatic rings. The van der Waals surface area contributed by atoms with Gasteiger partial charge in [0.2, 0.25) is 0 Å². The monoisotopic (exact) mass is 402 g/mol. The Bertz CT molecular complexity index is 1170. The third-order valence-electron chi connectivity index (χ3n) is 4.65. The summed E-state index contributed by atoms with van der Waals surface area (Å²) in [5.74, 6) is -0.228. The largest absolute Gasteiger partial charge is 0.465 e. The summed E-state index contributed by atoms with van der Waals surface area (Å²) in [7, 11) is 1.29. The molecule has 4 rings (SSSR count). The van der Waals surface area contributed by atoms with Crippen molar-refractivity contribution in [1.82, 2.24) is 0 Å². The van der Waals surface area contributed by atoms with E-state index in [0.717, 1.165) is 5.56 Å². The summed E-state index contributed by atoms with van der Waals surface area (Å²) in [4.78, 5) is 36.7. The van der Waals surface area contributed by atoms with Gasteiger partial charge in [-0.15, -0.1) is 0 Å². The average Bonchev–Trinajstić information content (AvgIpc) is 2.88. The van der Waals surface area contributed by atoms with Gasteiger partial charge in [-0.25, -0.2) is 4.79 Å². The zero-order valence-corrected chi connectivity index (χ0v) is 16.3. The van der Waals surface area contributed by atoms with Crippen molar-refractivity contribution in [3.05, 3.63) is 82.9 Å². The van der Waals surface area contributed by atoms with Crippen molar-refractivity contribution in [1.29, 1.82) is 0 Å². The van der Waals surface area contributed by atoms with Crippen LogP contribution in [0.5, 0.6) is 11.5 Å². The fraction of sp³-hybridized carbons (Fsp3) is 0.0870. The fourth-order valence-electron chi connectivity index (χ4n) is 3.09. The van der Waals surface area contributed by atoms with E-state index in [1.165, 1.54) is 31.4 Å². The highest BCUT2D eigenvalue weighted by Gasteiger charge is 2.22. The lowest BCUT2D eigenvalue weighted by Gasteiger charge is -2.10. The number of fused-ring (bicyclic) bond motifs is 2. The highest BCUT2D eigenvalue weighted by molar-refractivity contribution is 6.10. The molecule has 3 aromatic carbocycles. The number of anilines is 2. The molecule has 0 aliphatic carbocycles. The van der Waals surface area contributed by atoms with Crippen LogP contribution >= 0.6 is 0 Å². The molecule has 0 aromatic heterocycles. The number of rotatable bonds is 3. The van der Waals surface area contributed by atoms with E-state index in [1.807, 2.05) is 19.1 Å². The Balaban J connectivity index is 1.55. The van der Waals surface area contributed by atoms with E-state index in [1.54, 1.807) is 24.3 Å². The summed E-state index contributed by atoms with van der Waals surface area (Å²) in [5.41, 5.74) is 3.05. The molecule has 150 valence electrons. The number of benzene rings is 3. The van der Waals surface area contributed by atoms with Gasteiger partial charge in [0, 0.05) is 11.3 Å². The number of aryl methyl sites for hydroxylation is 1. The molecule has 0 unspecified atom stereocenters. The minimum absolute atomic E-state index is 0.308. The number of carbonyl (C=O) groups excluding carboxylic acids is 3. The summed E-state index contributed by atoms with van der Waals surface area (Å²) in [6.07, 6.45) is 0. The number of amides is 2. The summed E-state index contributed by atoms with van der Waals surface area (Å²) in [6.45, 7) is 1.93. The highest BCUT2D eigenvalue weighted by Crippen LogP contribution is 2.37. The van der Waals surface area contributed by atoms with Crippen LogP contribution < -0.4 is 15.4 Å². The fourth-order valence-corrected chi connectivity index (χ4v) is 3.09. The van der Waals surface area contributed by atoms with Gasteiger partial charge in [-0.3, -0.25) is 9.59 Å². The minimum Gasteiger partial charge on any atom is -0.465 e. The lowest BCUT2D eigenvalue weighted by molar-refractivity contribution is 0.0600. The second-order valence-corrected chi connectivity index (χ2v) is 6.79. The second kappa shape index (κ2) is 7.71. The first-order valence-electron chi connectivity index (χ1n) is 9.18. The Morgan fingerprint density at radius 1 is 0.933 bits per heavy atom. The average molecular weight is 402 g/mol. The van der Waals surface area contributed by atoms with Crippen LogP contribution in [0.25, 0.3) is 0 Å². The Labute approximate surface area is 172 Å². The second-order valence-electron chi connectivity index (χ2n) is 6.79. The molecular formula is C23H18N2O5. The number of hydrogen-bond acceptors (Lipinski definition) is 5. The van der Waals surface area contributed by atoms with E-state index in [0.29, 0.717) is 39.6 Å². The quantitative estimate of drug-likeness (QED) is 0.634. The summed E-state index contributed by atoms with van der Waals surface area (Å²) < 4.78 is 10.5. The molecule has 7 heteroatoms. The Morgan fingerprint density at radius 3 is 2.37 bits per heavy atom. The van der Waals surface area contributed by atoms with Crippen molar-refractivity contribution in [2.45, 2.75) is 6.92 Å². The van der Waals surface area contributed by atoms with Crippen molar-refractivity contribution in [3.8, 4) is 11.5 Å². The van der Waals surface area contributed by atoms with Crippen LogP contribution in [0.15, 0.2) is 60.7 Å². The Morgan fingerprint density at radius 2 is 1.63 bits per heavy atom. The molecule has 0 bridgehead atoms. The summed E-state index contributed by atoms with van der Waals surface area (Å²) in [6, 6.07) is 16.5. The van der Waals surface area contributed by atoms with E-state index in [4.69, 9.17) is 4.74 Å². The number of hydrogen-bond donors (Lipinski definition) is 2. The molecule has 0 atom stereocenters. The van der Waals surface area contributed by atoms with Crippen molar-refractivity contribution >= 4 is 29.2 Å². The number of esters is 1. The maximum atomic E-state index is 12.7. The van der Waals surface area contributed by atoms with Crippen molar-refractivity contribution in [2.75, 3.05) is 17.7 Å². The SMILES string of the molecule is COC(=O)c1ccc(C(=O)Nc2ccc3c(c2)C(=O)Nc2cc(C)ccc2O3)cc1. The first-order valence-corrected chi connectivity index (χ1v) is 9.18. The first kappa shape index (κ1) is 19.2. The van der Waals surface area contributed by atoms with Crippen molar-refractivity contribution in [3.63, 3.8) is 0 Å². The van der Waals surface area contributed by atoms with Crippen molar-refractivity contribution < 1.29 is 23.9 Å². The van der Waals surface area contributed by atoms with E-state index in [2.05, 4.69) is 15.4 Å². The molecule has 1 aliphatic heterocycles. The Hall–Kier alpha value is -4.13. The molecule has 3 aromatic rings. The zero-order valence-electron chi connectivity index (χ0n) is 16.3. The van der Waals surface area contributed by atoms with Crippen LogP contribution in [0, 0.1) is 6.92 Å². The third-order valence-corrected chi connectivity index (χ3v) is 4.65. The third kappa shape index (κ3) is 3.73. The summed E-state index contributed by atoms with van der Waals surface area (Å²) >= 11 is 0. The van der Waals surface area contributed by atoms with Gasteiger partial charge in [0.15, 0.2) is 5.75 Å². The Kier molecular flexibility index (Phi) is 4.93. The number of carbonyl (C=O) groups is 3. The van der Waals surface area contributed by atoms with E-state index in [-0.39, 0.29) is 11.8 Å². The number of methoxy groups -OCH3 is 1. The van der Waals surface area contributed by atoms with Gasteiger partial charge in [-0.05, 0) is 67.1 Å². The van der Waals surface area contributed by atoms with Gasteiger partial charge in [0.05, 0.1) is 23.9 Å². The normalized spacial score (nSPS) is 11.9. The molecular weight excluding hydrogens is 384 g/mol. The number of nitrogens with one attached hydrogen (secondary N) is 2. The standard InChI is InChI=1S/C23H18N2O5/c1-13-3-9-20-18(11-13)25-22(27)17-12-16(8-10-19(17)30-20)24-21(26)14-4-6-15(7-5-14)23(28)29-2/h3-12H,1-2H3,(H,24,26)(H,25,27). The molecule has 0 fully saturated rings. The van der Waals surface area contributed by atoms with Crippen LogP contribution in [0.1, 0.15) is 36.6 Å². The van der Waals surface area contributed by atoms with Crippen LogP contribution in [0.3, 0.4) is 0 Å². The van der Waals surface area contributed by atoms with Crippen LogP contribution in [0.2, 0.25) is 0 Å². The predicted octanol–water partition coefficient (Wildman–Crippen LogP) is 4.39. The lowest BCUT2D eigenvalue weighted by Crippen LogP contribution is -2.14. The van der Waals surface area contributed by atoms with Gasteiger partial charge in [0.25, 0.3) is 11.8 Å². The van der Waals surface area contributed by atoms with Crippen LogP contribution in [-0.4, -0.2) is 24.9 Å². The topological polar surface area (TPSA) is 93.7 Å². The molecule has 0 saturated heterocycles. The zero-order chi connectivity index (χ0) is 21.3.